The molecule has 0 saturated heterocycles. The molecule has 0 nitrogen and oxygen atoms in total. The minimum Gasteiger partial charge on any atom is -0.201 e. The van der Waals surface area contributed by atoms with Crippen LogP contribution in [0.25, 0.3) is 0 Å². The Labute approximate surface area is 90.1 Å². The van der Waals surface area contributed by atoms with Crippen LogP contribution in [0.5, 0.6) is 0 Å². The Morgan fingerprint density at radius 1 is 0.938 bits per heavy atom. The molecule has 5 heteroatoms. The number of hydrogen-bond donors (Lipinski definition) is 0. The molecule has 0 bridgehead atoms. The maximum atomic E-state index is 13.5. The lowest BCUT2D eigenvalue weighted by atomic mass is 9.96. The molecule has 0 heterocycles. The maximum Gasteiger partial charge on any atom is 0.416 e. The zero-order valence-corrected chi connectivity index (χ0v) is 8.78. The van der Waals surface area contributed by atoms with Crippen LogP contribution in [0.2, 0.25) is 0 Å². The van der Waals surface area contributed by atoms with E-state index >= 15 is 0 Å². The van der Waals surface area contributed by atoms with Gasteiger partial charge in [-0.05, 0) is 12.1 Å². The summed E-state index contributed by atoms with van der Waals surface area (Å²) in [5, 5.41) is 0. The second-order valence-electron chi connectivity index (χ2n) is 3.86. The zero-order chi connectivity index (χ0) is 12.6. The monoisotopic (exact) mass is 238 g/mol. The minimum atomic E-state index is -4.59. The van der Waals surface area contributed by atoms with Gasteiger partial charge in [0.25, 0.3) is 5.92 Å². The summed E-state index contributed by atoms with van der Waals surface area (Å²) in [6.45, 7) is 2.53. The van der Waals surface area contributed by atoms with Gasteiger partial charge >= 0.3 is 6.18 Å². The molecular formula is C11H11F5. The molecule has 0 spiro atoms. The summed E-state index contributed by atoms with van der Waals surface area (Å²) in [6.07, 6.45) is -4.59. The topological polar surface area (TPSA) is 0 Å². The van der Waals surface area contributed by atoms with Crippen molar-refractivity contribution in [3.63, 3.8) is 0 Å². The van der Waals surface area contributed by atoms with E-state index in [4.69, 9.17) is 0 Å². The van der Waals surface area contributed by atoms with Gasteiger partial charge in [0.1, 0.15) is 0 Å². The third kappa shape index (κ3) is 2.51. The average Bonchev–Trinajstić information content (AvgIpc) is 2.16. The molecule has 0 aliphatic rings. The summed E-state index contributed by atoms with van der Waals surface area (Å²) in [4.78, 5) is 0. The molecule has 0 atom stereocenters. The largest absolute Gasteiger partial charge is 0.416 e. The summed E-state index contributed by atoms with van der Waals surface area (Å²) >= 11 is 0. The molecule has 0 amide bonds. The van der Waals surface area contributed by atoms with Gasteiger partial charge in [-0.15, -0.1) is 0 Å². The quantitative estimate of drug-likeness (QED) is 0.667. The second kappa shape index (κ2) is 4.03. The van der Waals surface area contributed by atoms with E-state index in [-0.39, 0.29) is 0 Å². The Bertz CT molecular complexity index is 365. The fraction of sp³-hybridized carbons (Fsp3) is 0.455. The molecular weight excluding hydrogens is 227 g/mol. The van der Waals surface area contributed by atoms with Crippen molar-refractivity contribution >= 4 is 0 Å². The summed E-state index contributed by atoms with van der Waals surface area (Å²) in [5.74, 6) is -4.29. The van der Waals surface area contributed by atoms with Crippen molar-refractivity contribution in [1.82, 2.24) is 0 Å². The first-order valence-electron chi connectivity index (χ1n) is 4.71. The van der Waals surface area contributed by atoms with Crippen LogP contribution in [-0.4, -0.2) is 0 Å². The molecule has 0 fully saturated rings. The Morgan fingerprint density at radius 3 is 1.88 bits per heavy atom. The summed E-state index contributed by atoms with van der Waals surface area (Å²) in [7, 11) is 0. The van der Waals surface area contributed by atoms with Crippen LogP contribution in [0, 0.1) is 5.92 Å². The van der Waals surface area contributed by atoms with Gasteiger partial charge in [-0.1, -0.05) is 26.0 Å². The molecule has 1 aromatic carbocycles. The van der Waals surface area contributed by atoms with Crippen molar-refractivity contribution in [1.29, 1.82) is 0 Å². The molecule has 16 heavy (non-hydrogen) atoms. The summed E-state index contributed by atoms with van der Waals surface area (Å²) < 4.78 is 63.9. The second-order valence-corrected chi connectivity index (χ2v) is 3.86. The predicted molar refractivity (Wildman–Crippen MR) is 50.2 cm³/mol. The Morgan fingerprint density at radius 2 is 1.44 bits per heavy atom. The van der Waals surface area contributed by atoms with Gasteiger partial charge in [-0.25, -0.2) is 8.78 Å². The van der Waals surface area contributed by atoms with Crippen molar-refractivity contribution in [2.24, 2.45) is 5.92 Å². The lowest BCUT2D eigenvalue weighted by molar-refractivity contribution is -0.138. The average molecular weight is 238 g/mol. The van der Waals surface area contributed by atoms with Gasteiger partial charge in [0.15, 0.2) is 0 Å². The van der Waals surface area contributed by atoms with E-state index in [2.05, 4.69) is 0 Å². The molecule has 0 aromatic heterocycles. The van der Waals surface area contributed by atoms with Crippen molar-refractivity contribution in [2.75, 3.05) is 0 Å². The minimum absolute atomic E-state index is 0.500. The SMILES string of the molecule is CC(C)C(F)(F)c1cccc(C(F)(F)F)c1. The van der Waals surface area contributed by atoms with E-state index in [1.807, 2.05) is 0 Å². The normalized spacial score (nSPS) is 13.2. The third-order valence-electron chi connectivity index (χ3n) is 2.30. The van der Waals surface area contributed by atoms with Gasteiger partial charge in [0, 0.05) is 11.5 Å². The lowest BCUT2D eigenvalue weighted by Crippen LogP contribution is -2.21. The smallest absolute Gasteiger partial charge is 0.201 e. The molecule has 0 saturated carbocycles. The number of benzene rings is 1. The van der Waals surface area contributed by atoms with E-state index < -0.39 is 29.1 Å². The highest BCUT2D eigenvalue weighted by Crippen LogP contribution is 2.38. The van der Waals surface area contributed by atoms with Crippen LogP contribution >= 0.6 is 0 Å². The van der Waals surface area contributed by atoms with Gasteiger partial charge in [0.05, 0.1) is 5.56 Å². The molecule has 1 aromatic rings. The molecule has 0 N–H and O–H groups in total. The number of hydrogen-bond acceptors (Lipinski definition) is 0. The van der Waals surface area contributed by atoms with E-state index in [1.54, 1.807) is 0 Å². The van der Waals surface area contributed by atoms with Crippen LogP contribution in [0.3, 0.4) is 0 Å². The Hall–Kier alpha value is -1.13. The van der Waals surface area contributed by atoms with Crippen molar-refractivity contribution in [2.45, 2.75) is 25.9 Å². The van der Waals surface area contributed by atoms with E-state index in [1.165, 1.54) is 13.8 Å². The summed E-state index contributed by atoms with van der Waals surface area (Å²) in [5.41, 5.74) is -1.65. The van der Waals surface area contributed by atoms with Crippen molar-refractivity contribution < 1.29 is 22.0 Å². The van der Waals surface area contributed by atoms with Crippen LogP contribution in [0.15, 0.2) is 24.3 Å². The van der Waals surface area contributed by atoms with Gasteiger partial charge < -0.3 is 0 Å². The number of alkyl halides is 5. The van der Waals surface area contributed by atoms with Crippen molar-refractivity contribution in [3.05, 3.63) is 35.4 Å². The zero-order valence-electron chi connectivity index (χ0n) is 8.78. The van der Waals surface area contributed by atoms with Gasteiger partial charge in [-0.3, -0.25) is 0 Å². The van der Waals surface area contributed by atoms with E-state index in [9.17, 15) is 22.0 Å². The lowest BCUT2D eigenvalue weighted by Gasteiger charge is -2.21. The molecule has 1 rings (SSSR count). The van der Waals surface area contributed by atoms with Crippen LogP contribution < -0.4 is 0 Å². The highest BCUT2D eigenvalue weighted by atomic mass is 19.4. The molecule has 0 aliphatic heterocycles. The first-order chi connectivity index (χ1) is 7.15. The first kappa shape index (κ1) is 12.9. The molecule has 0 radical (unpaired) electrons. The predicted octanol–water partition coefficient (Wildman–Crippen LogP) is 4.45. The Balaban J connectivity index is 3.18. The van der Waals surface area contributed by atoms with Crippen LogP contribution in [0.1, 0.15) is 25.0 Å². The van der Waals surface area contributed by atoms with Crippen LogP contribution in [0.4, 0.5) is 22.0 Å². The maximum absolute atomic E-state index is 13.5. The van der Waals surface area contributed by atoms with E-state index in [0.717, 1.165) is 18.2 Å². The Kier molecular flexibility index (Phi) is 3.26. The highest BCUT2D eigenvalue weighted by Gasteiger charge is 2.38. The third-order valence-corrected chi connectivity index (χ3v) is 2.30. The van der Waals surface area contributed by atoms with Crippen molar-refractivity contribution in [3.8, 4) is 0 Å². The van der Waals surface area contributed by atoms with Gasteiger partial charge in [-0.2, -0.15) is 13.2 Å². The number of rotatable bonds is 2. The van der Waals surface area contributed by atoms with Crippen LogP contribution in [-0.2, 0) is 12.1 Å². The van der Waals surface area contributed by atoms with Gasteiger partial charge in [0.2, 0.25) is 0 Å². The first-order valence-corrected chi connectivity index (χ1v) is 4.71. The fourth-order valence-corrected chi connectivity index (χ4v) is 1.24. The standard InChI is InChI=1S/C11H11F5/c1-7(2)10(12,13)8-4-3-5-9(6-8)11(14,15)16/h3-7H,1-2H3. The number of halogens is 5. The molecule has 0 aliphatic carbocycles. The highest BCUT2D eigenvalue weighted by molar-refractivity contribution is 5.29. The summed E-state index contributed by atoms with van der Waals surface area (Å²) in [6, 6.07) is 3.28. The molecule has 90 valence electrons. The fourth-order valence-electron chi connectivity index (χ4n) is 1.24. The van der Waals surface area contributed by atoms with E-state index in [0.29, 0.717) is 6.07 Å². The molecule has 0 unspecified atom stereocenters.